The van der Waals surface area contributed by atoms with Crippen LogP contribution in [0, 0.1) is 5.82 Å². The molecule has 1 unspecified atom stereocenters. The lowest BCUT2D eigenvalue weighted by molar-refractivity contribution is 0.0335. The van der Waals surface area contributed by atoms with Gasteiger partial charge in [0.1, 0.15) is 11.4 Å². The van der Waals surface area contributed by atoms with Crippen LogP contribution in [0.4, 0.5) is 4.39 Å². The maximum absolute atomic E-state index is 13.6. The number of aliphatic imine (C=N–C) groups is 1. The van der Waals surface area contributed by atoms with Gasteiger partial charge in [0, 0.05) is 12.6 Å². The van der Waals surface area contributed by atoms with Gasteiger partial charge in [-0.2, -0.15) is 0 Å². The molecular weight excluding hydrogens is 353 g/mol. The van der Waals surface area contributed by atoms with Crippen LogP contribution in [0.1, 0.15) is 48.9 Å². The molecule has 2 heterocycles. The number of ether oxygens (including phenoxy) is 1. The Hall–Kier alpha value is -2.40. The Bertz CT molecular complexity index is 912. The Kier molecular flexibility index (Phi) is 4.16. The average Bonchev–Trinajstić information content (AvgIpc) is 3.25. The van der Waals surface area contributed by atoms with E-state index < -0.39 is 0 Å². The molecule has 0 amide bonds. The third-order valence-electron chi connectivity index (χ3n) is 6.72. The molecule has 0 radical (unpaired) electrons. The molecule has 2 aliphatic heterocycles. The molecule has 0 saturated heterocycles. The highest BCUT2D eigenvalue weighted by molar-refractivity contribution is 5.78. The zero-order valence-corrected chi connectivity index (χ0v) is 16.1. The molecule has 5 heteroatoms. The summed E-state index contributed by atoms with van der Waals surface area (Å²) in [4.78, 5) is 7.17. The van der Waals surface area contributed by atoms with Gasteiger partial charge in [-0.25, -0.2) is 9.38 Å². The molecule has 1 fully saturated rings. The van der Waals surface area contributed by atoms with Crippen LogP contribution in [0.15, 0.2) is 53.5 Å². The van der Waals surface area contributed by atoms with Gasteiger partial charge in [-0.15, -0.1) is 0 Å². The predicted molar refractivity (Wildman–Crippen MR) is 108 cm³/mol. The smallest absolute Gasteiger partial charge is 0.289 e. The lowest BCUT2D eigenvalue weighted by atomic mass is 9.88. The number of fused-ring (bicyclic) bond motifs is 1. The Balaban J connectivity index is 1.55. The quantitative estimate of drug-likeness (QED) is 0.820. The third-order valence-corrected chi connectivity index (χ3v) is 6.72. The first kappa shape index (κ1) is 17.7. The van der Waals surface area contributed by atoms with E-state index in [4.69, 9.17) is 15.5 Å². The third kappa shape index (κ3) is 2.64. The number of benzene rings is 2. The zero-order chi connectivity index (χ0) is 19.3. The van der Waals surface area contributed by atoms with Gasteiger partial charge in [0.25, 0.3) is 6.02 Å². The standard InChI is InChI=1S/C23H26FN3O/c1-15-23(13-4-7-20(23)25)28-22(26-15)27-14-12-16-5-2-3-6-19(16)21(27)17-8-10-18(24)11-9-17/h2-3,5-6,8-11,15,20-21H,4,7,12-14,25H2,1H3/t15?,20-,21-,23-/m0/s1. The highest BCUT2D eigenvalue weighted by Crippen LogP contribution is 2.43. The number of amidine groups is 1. The summed E-state index contributed by atoms with van der Waals surface area (Å²) < 4.78 is 20.1. The van der Waals surface area contributed by atoms with Gasteiger partial charge in [0.05, 0.1) is 12.1 Å². The van der Waals surface area contributed by atoms with Crippen LogP contribution >= 0.6 is 0 Å². The van der Waals surface area contributed by atoms with Crippen molar-refractivity contribution in [3.63, 3.8) is 0 Å². The molecule has 146 valence electrons. The van der Waals surface area contributed by atoms with Crippen LogP contribution in [0.3, 0.4) is 0 Å². The number of hydrogen-bond acceptors (Lipinski definition) is 4. The molecule has 2 aromatic rings. The van der Waals surface area contributed by atoms with Crippen LogP contribution in [0.2, 0.25) is 0 Å². The normalized spacial score (nSPS) is 31.6. The largest absolute Gasteiger partial charge is 0.455 e. The Morgan fingerprint density at radius 1 is 1.18 bits per heavy atom. The summed E-state index contributed by atoms with van der Waals surface area (Å²) >= 11 is 0. The lowest BCUT2D eigenvalue weighted by Crippen LogP contribution is -2.52. The van der Waals surface area contributed by atoms with E-state index in [1.165, 1.54) is 23.3 Å². The van der Waals surface area contributed by atoms with E-state index in [-0.39, 0.29) is 29.5 Å². The summed E-state index contributed by atoms with van der Waals surface area (Å²) in [5.74, 6) is -0.224. The van der Waals surface area contributed by atoms with Crippen molar-refractivity contribution in [3.8, 4) is 0 Å². The molecule has 1 saturated carbocycles. The molecule has 3 aliphatic rings. The van der Waals surface area contributed by atoms with Crippen molar-refractivity contribution in [1.29, 1.82) is 0 Å². The van der Waals surface area contributed by atoms with Gasteiger partial charge < -0.3 is 15.4 Å². The van der Waals surface area contributed by atoms with Gasteiger partial charge in [0.15, 0.2) is 0 Å². The molecule has 2 aromatic carbocycles. The van der Waals surface area contributed by atoms with E-state index in [1.54, 1.807) is 0 Å². The second-order valence-electron chi connectivity index (χ2n) is 8.24. The SMILES string of the molecule is CC1N=C(N2CCc3ccccc3[C@@H]2c2ccc(F)cc2)O[C@@]12CCC[C@@H]2N. The highest BCUT2D eigenvalue weighted by Gasteiger charge is 2.53. The Morgan fingerprint density at radius 2 is 1.96 bits per heavy atom. The fourth-order valence-electron chi connectivity index (χ4n) is 5.14. The van der Waals surface area contributed by atoms with Gasteiger partial charge in [-0.1, -0.05) is 36.4 Å². The fraction of sp³-hybridized carbons (Fsp3) is 0.435. The summed E-state index contributed by atoms with van der Waals surface area (Å²) in [7, 11) is 0. The van der Waals surface area contributed by atoms with Gasteiger partial charge in [0.2, 0.25) is 0 Å². The van der Waals surface area contributed by atoms with Crippen molar-refractivity contribution in [2.45, 2.75) is 56.3 Å². The Labute approximate surface area is 165 Å². The number of hydrogen-bond donors (Lipinski definition) is 1. The van der Waals surface area contributed by atoms with E-state index in [1.807, 2.05) is 12.1 Å². The number of nitrogens with zero attached hydrogens (tertiary/aromatic N) is 2. The average molecular weight is 379 g/mol. The topological polar surface area (TPSA) is 50.8 Å². The predicted octanol–water partition coefficient (Wildman–Crippen LogP) is 3.80. The first-order valence-corrected chi connectivity index (χ1v) is 10.2. The van der Waals surface area contributed by atoms with Crippen molar-refractivity contribution in [3.05, 3.63) is 71.0 Å². The minimum absolute atomic E-state index is 0.0186. The number of nitrogens with two attached hydrogens (primary N) is 1. The maximum atomic E-state index is 13.6. The molecule has 1 spiro atoms. The number of halogens is 1. The zero-order valence-electron chi connectivity index (χ0n) is 16.1. The van der Waals surface area contributed by atoms with E-state index in [0.29, 0.717) is 6.02 Å². The number of rotatable bonds is 1. The van der Waals surface area contributed by atoms with Crippen molar-refractivity contribution >= 4 is 6.02 Å². The summed E-state index contributed by atoms with van der Waals surface area (Å²) in [5.41, 5.74) is 9.67. The minimum atomic E-state index is -0.375. The first-order valence-electron chi connectivity index (χ1n) is 10.2. The lowest BCUT2D eigenvalue weighted by Gasteiger charge is -2.40. The van der Waals surface area contributed by atoms with Crippen molar-refractivity contribution in [1.82, 2.24) is 4.90 Å². The van der Waals surface area contributed by atoms with E-state index in [2.05, 4.69) is 36.1 Å². The summed E-state index contributed by atoms with van der Waals surface area (Å²) in [6, 6.07) is 16.0. The molecule has 4 nitrogen and oxygen atoms in total. The minimum Gasteiger partial charge on any atom is -0.455 e. The molecule has 0 bridgehead atoms. The molecule has 1 aliphatic carbocycles. The van der Waals surface area contributed by atoms with Crippen LogP contribution in [-0.4, -0.2) is 35.2 Å². The monoisotopic (exact) mass is 379 g/mol. The highest BCUT2D eigenvalue weighted by atomic mass is 19.1. The molecule has 28 heavy (non-hydrogen) atoms. The Morgan fingerprint density at radius 3 is 2.71 bits per heavy atom. The molecule has 4 atom stereocenters. The van der Waals surface area contributed by atoms with Crippen molar-refractivity contribution < 1.29 is 9.13 Å². The first-order chi connectivity index (χ1) is 13.6. The summed E-state index contributed by atoms with van der Waals surface area (Å²) in [6.07, 6.45) is 3.95. The van der Waals surface area contributed by atoms with E-state index in [9.17, 15) is 4.39 Å². The van der Waals surface area contributed by atoms with Crippen LogP contribution in [0.25, 0.3) is 0 Å². The van der Waals surface area contributed by atoms with Crippen molar-refractivity contribution in [2.75, 3.05) is 6.54 Å². The van der Waals surface area contributed by atoms with E-state index in [0.717, 1.165) is 37.8 Å². The van der Waals surface area contributed by atoms with Gasteiger partial charge in [-0.3, -0.25) is 0 Å². The van der Waals surface area contributed by atoms with Crippen LogP contribution in [-0.2, 0) is 11.2 Å². The maximum Gasteiger partial charge on any atom is 0.289 e. The molecular formula is C23H26FN3O. The van der Waals surface area contributed by atoms with Crippen molar-refractivity contribution in [2.24, 2.45) is 10.7 Å². The molecule has 2 N–H and O–H groups in total. The van der Waals surface area contributed by atoms with E-state index >= 15 is 0 Å². The summed E-state index contributed by atoms with van der Waals surface area (Å²) in [5, 5.41) is 0. The summed E-state index contributed by atoms with van der Waals surface area (Å²) in [6.45, 7) is 2.93. The second-order valence-corrected chi connectivity index (χ2v) is 8.24. The molecule has 5 rings (SSSR count). The molecule has 0 aromatic heterocycles. The van der Waals surface area contributed by atoms with Crippen LogP contribution in [0.5, 0.6) is 0 Å². The van der Waals surface area contributed by atoms with Crippen LogP contribution < -0.4 is 5.73 Å². The van der Waals surface area contributed by atoms with Gasteiger partial charge >= 0.3 is 0 Å². The second kappa shape index (κ2) is 6.59. The van der Waals surface area contributed by atoms with Gasteiger partial charge in [-0.05, 0) is 61.4 Å². The fourth-order valence-corrected chi connectivity index (χ4v) is 5.14.